The van der Waals surface area contributed by atoms with E-state index < -0.39 is 0 Å². The van der Waals surface area contributed by atoms with E-state index in [0.29, 0.717) is 0 Å². The fourth-order valence-electron chi connectivity index (χ4n) is 2.34. The Morgan fingerprint density at radius 2 is 1.76 bits per heavy atom. The molecule has 0 spiro atoms. The summed E-state index contributed by atoms with van der Waals surface area (Å²) in [6.07, 6.45) is 2.83. The van der Waals surface area contributed by atoms with Crippen LogP contribution in [0.15, 0.2) is 42.6 Å². The molecule has 0 aliphatic carbocycles. The molecule has 2 aromatic rings. The standard InChI is InChI=1S/C17H22N2O2/c1-4-11-18-16(13-8-5-6-9-14(13)20-2)17-15(21-3)10-7-12-19-17/h5-10,12,16,18H,4,11H2,1-3H3. The van der Waals surface area contributed by atoms with Crippen LogP contribution in [0.4, 0.5) is 0 Å². The average molecular weight is 286 g/mol. The number of para-hydroxylation sites is 1. The molecule has 0 radical (unpaired) electrons. The van der Waals surface area contributed by atoms with E-state index in [1.54, 1.807) is 20.4 Å². The summed E-state index contributed by atoms with van der Waals surface area (Å²) in [5, 5.41) is 3.53. The molecule has 0 aliphatic heterocycles. The molecule has 4 nitrogen and oxygen atoms in total. The molecule has 21 heavy (non-hydrogen) atoms. The lowest BCUT2D eigenvalue weighted by atomic mass is 10.0. The lowest BCUT2D eigenvalue weighted by Crippen LogP contribution is -2.25. The average Bonchev–Trinajstić information content (AvgIpc) is 2.56. The lowest BCUT2D eigenvalue weighted by molar-refractivity contribution is 0.390. The third-order valence-electron chi connectivity index (χ3n) is 3.34. The van der Waals surface area contributed by atoms with E-state index in [-0.39, 0.29) is 6.04 Å². The van der Waals surface area contributed by atoms with Gasteiger partial charge < -0.3 is 14.8 Å². The van der Waals surface area contributed by atoms with Crippen molar-refractivity contribution in [2.75, 3.05) is 20.8 Å². The van der Waals surface area contributed by atoms with Gasteiger partial charge in [-0.1, -0.05) is 25.1 Å². The van der Waals surface area contributed by atoms with Crippen molar-refractivity contribution in [2.24, 2.45) is 0 Å². The summed E-state index contributed by atoms with van der Waals surface area (Å²) in [5.41, 5.74) is 1.93. The largest absolute Gasteiger partial charge is 0.496 e. The smallest absolute Gasteiger partial charge is 0.142 e. The zero-order valence-corrected chi connectivity index (χ0v) is 12.8. The van der Waals surface area contributed by atoms with E-state index in [2.05, 4.69) is 23.3 Å². The van der Waals surface area contributed by atoms with Crippen LogP contribution in [0.2, 0.25) is 0 Å². The van der Waals surface area contributed by atoms with Gasteiger partial charge in [-0.05, 0) is 31.2 Å². The van der Waals surface area contributed by atoms with Crippen LogP contribution >= 0.6 is 0 Å². The second-order valence-corrected chi connectivity index (χ2v) is 4.72. The molecule has 0 amide bonds. The van der Waals surface area contributed by atoms with Crippen molar-refractivity contribution in [3.8, 4) is 11.5 Å². The second kappa shape index (κ2) is 7.64. The van der Waals surface area contributed by atoms with Gasteiger partial charge in [0.25, 0.3) is 0 Å². The minimum absolute atomic E-state index is 0.0581. The summed E-state index contributed by atoms with van der Waals surface area (Å²) >= 11 is 0. The first kappa shape index (κ1) is 15.3. The number of hydrogen-bond donors (Lipinski definition) is 1. The quantitative estimate of drug-likeness (QED) is 0.849. The summed E-state index contributed by atoms with van der Waals surface area (Å²) in [4.78, 5) is 4.51. The minimum Gasteiger partial charge on any atom is -0.496 e. The number of ether oxygens (including phenoxy) is 2. The highest BCUT2D eigenvalue weighted by Crippen LogP contribution is 2.33. The van der Waals surface area contributed by atoms with Crippen LogP contribution in [0.3, 0.4) is 0 Å². The van der Waals surface area contributed by atoms with Crippen LogP contribution in [0, 0.1) is 0 Å². The lowest BCUT2D eigenvalue weighted by Gasteiger charge is -2.22. The number of rotatable bonds is 7. The van der Waals surface area contributed by atoms with Crippen LogP contribution in [-0.4, -0.2) is 25.7 Å². The van der Waals surface area contributed by atoms with E-state index >= 15 is 0 Å². The van der Waals surface area contributed by atoms with Crippen LogP contribution in [0.1, 0.15) is 30.6 Å². The van der Waals surface area contributed by atoms with Gasteiger partial charge in [0.1, 0.15) is 17.2 Å². The van der Waals surface area contributed by atoms with Gasteiger partial charge in [-0.15, -0.1) is 0 Å². The van der Waals surface area contributed by atoms with Crippen molar-refractivity contribution in [3.05, 3.63) is 53.9 Å². The summed E-state index contributed by atoms with van der Waals surface area (Å²) in [6, 6.07) is 11.7. The SMILES string of the molecule is CCCNC(c1ccccc1OC)c1ncccc1OC. The Bertz CT molecular complexity index is 525. The first-order valence-corrected chi connectivity index (χ1v) is 7.17. The van der Waals surface area contributed by atoms with Crippen molar-refractivity contribution >= 4 is 0 Å². The summed E-state index contributed by atoms with van der Waals surface area (Å²) in [6.45, 7) is 3.03. The van der Waals surface area contributed by atoms with Crippen LogP contribution in [0.25, 0.3) is 0 Å². The molecule has 1 aromatic carbocycles. The normalized spacial score (nSPS) is 12.0. The van der Waals surface area contributed by atoms with Crippen LogP contribution in [0.5, 0.6) is 11.5 Å². The Kier molecular flexibility index (Phi) is 5.58. The zero-order valence-electron chi connectivity index (χ0n) is 12.8. The number of hydrogen-bond acceptors (Lipinski definition) is 4. The molecule has 1 unspecified atom stereocenters. The number of aromatic nitrogens is 1. The molecule has 112 valence electrons. The molecule has 1 aromatic heterocycles. The molecular weight excluding hydrogens is 264 g/mol. The van der Waals surface area contributed by atoms with Gasteiger partial charge in [-0.2, -0.15) is 0 Å². The maximum absolute atomic E-state index is 5.49. The van der Waals surface area contributed by atoms with Gasteiger partial charge >= 0.3 is 0 Å². The molecule has 0 aliphatic rings. The van der Waals surface area contributed by atoms with Gasteiger partial charge in [0, 0.05) is 11.8 Å². The molecule has 2 rings (SSSR count). The third kappa shape index (κ3) is 3.52. The summed E-state index contributed by atoms with van der Waals surface area (Å²) < 4.78 is 11.0. The predicted molar refractivity (Wildman–Crippen MR) is 83.9 cm³/mol. The van der Waals surface area contributed by atoms with Gasteiger partial charge in [0.05, 0.1) is 20.3 Å². The predicted octanol–water partition coefficient (Wildman–Crippen LogP) is 3.19. The molecular formula is C17H22N2O2. The molecule has 0 saturated carbocycles. The Morgan fingerprint density at radius 3 is 2.48 bits per heavy atom. The monoisotopic (exact) mass is 286 g/mol. The first-order chi connectivity index (χ1) is 10.3. The summed E-state index contributed by atoms with van der Waals surface area (Å²) in [5.74, 6) is 1.62. The van der Waals surface area contributed by atoms with Crippen LogP contribution in [-0.2, 0) is 0 Å². The number of pyridine rings is 1. The van der Waals surface area contributed by atoms with Gasteiger partial charge in [-0.3, -0.25) is 4.98 Å². The highest BCUT2D eigenvalue weighted by atomic mass is 16.5. The molecule has 0 bridgehead atoms. The fraction of sp³-hybridized carbons (Fsp3) is 0.353. The number of nitrogens with zero attached hydrogens (tertiary/aromatic N) is 1. The van der Waals surface area contributed by atoms with Crippen molar-refractivity contribution < 1.29 is 9.47 Å². The number of nitrogens with one attached hydrogen (secondary N) is 1. The highest BCUT2D eigenvalue weighted by molar-refractivity contribution is 5.43. The van der Waals surface area contributed by atoms with E-state index in [0.717, 1.165) is 35.7 Å². The Morgan fingerprint density at radius 1 is 1.05 bits per heavy atom. The zero-order chi connectivity index (χ0) is 15.1. The third-order valence-corrected chi connectivity index (χ3v) is 3.34. The van der Waals surface area contributed by atoms with Crippen molar-refractivity contribution in [3.63, 3.8) is 0 Å². The second-order valence-electron chi connectivity index (χ2n) is 4.72. The van der Waals surface area contributed by atoms with E-state index in [1.165, 1.54) is 0 Å². The minimum atomic E-state index is -0.0581. The fourth-order valence-corrected chi connectivity index (χ4v) is 2.34. The first-order valence-electron chi connectivity index (χ1n) is 7.17. The molecule has 1 atom stereocenters. The Hall–Kier alpha value is -2.07. The molecule has 4 heteroatoms. The Labute approximate surface area is 126 Å². The van der Waals surface area contributed by atoms with Gasteiger partial charge in [0.15, 0.2) is 0 Å². The summed E-state index contributed by atoms with van der Waals surface area (Å²) in [7, 11) is 3.35. The number of benzene rings is 1. The van der Waals surface area contributed by atoms with E-state index in [1.807, 2.05) is 30.3 Å². The van der Waals surface area contributed by atoms with Crippen molar-refractivity contribution in [1.82, 2.24) is 10.3 Å². The van der Waals surface area contributed by atoms with Crippen molar-refractivity contribution in [2.45, 2.75) is 19.4 Å². The van der Waals surface area contributed by atoms with Crippen LogP contribution < -0.4 is 14.8 Å². The highest BCUT2D eigenvalue weighted by Gasteiger charge is 2.21. The number of methoxy groups -OCH3 is 2. The molecule has 1 heterocycles. The van der Waals surface area contributed by atoms with Crippen molar-refractivity contribution in [1.29, 1.82) is 0 Å². The maximum Gasteiger partial charge on any atom is 0.142 e. The molecule has 1 N–H and O–H groups in total. The topological polar surface area (TPSA) is 43.4 Å². The van der Waals surface area contributed by atoms with Gasteiger partial charge in [-0.25, -0.2) is 0 Å². The molecule has 0 saturated heterocycles. The maximum atomic E-state index is 5.49. The van der Waals surface area contributed by atoms with E-state index in [9.17, 15) is 0 Å². The van der Waals surface area contributed by atoms with Gasteiger partial charge in [0.2, 0.25) is 0 Å². The molecule has 0 fully saturated rings. The Balaban J connectivity index is 2.47. The van der Waals surface area contributed by atoms with E-state index in [4.69, 9.17) is 9.47 Å².